The molecule has 0 aromatic rings. The third kappa shape index (κ3) is 4.13. The highest BCUT2D eigenvalue weighted by Gasteiger charge is 1.92. The largest absolute Gasteiger partial charge is 0.314 e. The molecule has 0 rings (SSSR count). The summed E-state index contributed by atoms with van der Waals surface area (Å²) in [5.74, 6) is 0. The summed E-state index contributed by atoms with van der Waals surface area (Å²) < 4.78 is 0. The van der Waals surface area contributed by atoms with Gasteiger partial charge in [0, 0.05) is 6.04 Å². The molecule has 0 spiro atoms. The van der Waals surface area contributed by atoms with Gasteiger partial charge >= 0.3 is 0 Å². The predicted molar refractivity (Wildman–Crippen MR) is 37.7 cm³/mol. The van der Waals surface area contributed by atoms with Gasteiger partial charge in [0.1, 0.15) is 0 Å². The second kappa shape index (κ2) is 5.10. The van der Waals surface area contributed by atoms with Gasteiger partial charge in [0.25, 0.3) is 0 Å². The first-order chi connectivity index (χ1) is 3.81. The Kier molecular flexibility index (Phi) is 5.08. The van der Waals surface area contributed by atoms with Crippen LogP contribution in [0.3, 0.4) is 0 Å². The first-order valence-electron chi connectivity index (χ1n) is 3.33. The first kappa shape index (κ1) is 7.96. The van der Waals surface area contributed by atoms with E-state index in [1.807, 2.05) is 0 Å². The molecular formula is C7H16N. The zero-order valence-electron chi connectivity index (χ0n) is 5.91. The van der Waals surface area contributed by atoms with Gasteiger partial charge in [-0.3, -0.25) is 0 Å². The molecule has 1 nitrogen and oxygen atoms in total. The van der Waals surface area contributed by atoms with Crippen LogP contribution in [0.4, 0.5) is 0 Å². The van der Waals surface area contributed by atoms with Gasteiger partial charge in [0.15, 0.2) is 0 Å². The summed E-state index contributed by atoms with van der Waals surface area (Å²) >= 11 is 0. The minimum Gasteiger partial charge on any atom is -0.314 e. The van der Waals surface area contributed by atoms with Gasteiger partial charge in [-0.1, -0.05) is 13.8 Å². The summed E-state index contributed by atoms with van der Waals surface area (Å²) in [5.41, 5.74) is 0. The third-order valence-electron chi connectivity index (χ3n) is 1.28. The zero-order valence-corrected chi connectivity index (χ0v) is 5.91. The Morgan fingerprint density at radius 3 is 2.62 bits per heavy atom. The van der Waals surface area contributed by atoms with E-state index in [1.165, 1.54) is 6.42 Å². The smallest absolute Gasteiger partial charge is 0.00360 e. The fraction of sp³-hybridized carbons (Fsp3) is 0.857. The third-order valence-corrected chi connectivity index (χ3v) is 1.28. The van der Waals surface area contributed by atoms with Crippen molar-refractivity contribution >= 4 is 0 Å². The summed E-state index contributed by atoms with van der Waals surface area (Å²) in [4.78, 5) is 0. The summed E-state index contributed by atoms with van der Waals surface area (Å²) in [7, 11) is 0. The Labute approximate surface area is 52.5 Å². The normalized spacial score (nSPS) is 13.9. The van der Waals surface area contributed by atoms with Crippen LogP contribution in [0.15, 0.2) is 0 Å². The molecule has 0 amide bonds. The van der Waals surface area contributed by atoms with E-state index in [2.05, 4.69) is 26.1 Å². The number of hydrogen-bond acceptors (Lipinski definition) is 1. The summed E-state index contributed by atoms with van der Waals surface area (Å²) in [6.45, 7) is 9.15. The molecule has 0 saturated carbocycles. The standard InChI is InChI=1S/C7H16N/c1-4-6-8-7(3)5-2/h7-8H,1,4-6H2,2-3H3. The van der Waals surface area contributed by atoms with Gasteiger partial charge in [-0.25, -0.2) is 0 Å². The highest BCUT2D eigenvalue weighted by Crippen LogP contribution is 1.86. The van der Waals surface area contributed by atoms with E-state index in [9.17, 15) is 0 Å². The Bertz CT molecular complexity index is 43.7. The van der Waals surface area contributed by atoms with Crippen LogP contribution in [0.1, 0.15) is 26.7 Å². The van der Waals surface area contributed by atoms with E-state index in [0.717, 1.165) is 13.0 Å². The van der Waals surface area contributed by atoms with Crippen molar-refractivity contribution in [1.29, 1.82) is 0 Å². The molecule has 1 N–H and O–H groups in total. The van der Waals surface area contributed by atoms with E-state index in [4.69, 9.17) is 0 Å². The van der Waals surface area contributed by atoms with Crippen molar-refractivity contribution < 1.29 is 0 Å². The molecule has 0 aliphatic heterocycles. The Hall–Kier alpha value is -0.0400. The molecule has 0 aromatic carbocycles. The minimum atomic E-state index is 0.664. The van der Waals surface area contributed by atoms with Gasteiger partial charge in [-0.05, 0) is 26.3 Å². The van der Waals surface area contributed by atoms with E-state index in [-0.39, 0.29) is 0 Å². The molecule has 8 heavy (non-hydrogen) atoms. The Morgan fingerprint density at radius 1 is 1.62 bits per heavy atom. The van der Waals surface area contributed by atoms with Crippen LogP contribution in [0.5, 0.6) is 0 Å². The second-order valence-corrected chi connectivity index (χ2v) is 2.12. The fourth-order valence-electron chi connectivity index (χ4n) is 0.493. The van der Waals surface area contributed by atoms with E-state index >= 15 is 0 Å². The van der Waals surface area contributed by atoms with Crippen molar-refractivity contribution in [2.75, 3.05) is 6.54 Å². The highest BCUT2D eigenvalue weighted by atomic mass is 14.9. The molecular weight excluding hydrogens is 98.1 g/mol. The monoisotopic (exact) mass is 114 g/mol. The van der Waals surface area contributed by atoms with Crippen LogP contribution < -0.4 is 5.32 Å². The molecule has 0 bridgehead atoms. The average molecular weight is 114 g/mol. The van der Waals surface area contributed by atoms with E-state index < -0.39 is 0 Å². The van der Waals surface area contributed by atoms with Gasteiger partial charge in [0.2, 0.25) is 0 Å². The molecule has 0 aliphatic carbocycles. The number of hydrogen-bond donors (Lipinski definition) is 1. The molecule has 49 valence electrons. The predicted octanol–water partition coefficient (Wildman–Crippen LogP) is 1.60. The number of nitrogens with one attached hydrogen (secondary N) is 1. The molecule has 1 heteroatoms. The lowest BCUT2D eigenvalue weighted by Crippen LogP contribution is -2.25. The van der Waals surface area contributed by atoms with Gasteiger partial charge in [0.05, 0.1) is 0 Å². The van der Waals surface area contributed by atoms with Crippen molar-refractivity contribution in [2.45, 2.75) is 32.7 Å². The lowest BCUT2D eigenvalue weighted by Gasteiger charge is -2.08. The molecule has 0 aliphatic rings. The maximum Gasteiger partial charge on any atom is 0.00360 e. The van der Waals surface area contributed by atoms with Crippen molar-refractivity contribution in [2.24, 2.45) is 0 Å². The van der Waals surface area contributed by atoms with E-state index in [0.29, 0.717) is 6.04 Å². The molecule has 1 radical (unpaired) electrons. The first-order valence-corrected chi connectivity index (χ1v) is 3.33. The fourth-order valence-corrected chi connectivity index (χ4v) is 0.493. The van der Waals surface area contributed by atoms with Crippen molar-refractivity contribution in [3.63, 3.8) is 0 Å². The van der Waals surface area contributed by atoms with Crippen LogP contribution in [0, 0.1) is 6.92 Å². The molecule has 0 saturated heterocycles. The van der Waals surface area contributed by atoms with Gasteiger partial charge in [-0.15, -0.1) is 0 Å². The lowest BCUT2D eigenvalue weighted by molar-refractivity contribution is 0.540. The summed E-state index contributed by atoms with van der Waals surface area (Å²) in [5, 5.41) is 3.32. The molecule has 0 aromatic heterocycles. The molecule has 1 unspecified atom stereocenters. The van der Waals surface area contributed by atoms with Gasteiger partial charge in [-0.2, -0.15) is 0 Å². The Morgan fingerprint density at radius 2 is 2.25 bits per heavy atom. The maximum absolute atomic E-state index is 3.73. The summed E-state index contributed by atoms with van der Waals surface area (Å²) in [6.07, 6.45) is 2.20. The maximum atomic E-state index is 3.73. The molecule has 0 heterocycles. The van der Waals surface area contributed by atoms with Crippen LogP contribution >= 0.6 is 0 Å². The van der Waals surface area contributed by atoms with Crippen LogP contribution in [0.25, 0.3) is 0 Å². The van der Waals surface area contributed by atoms with Crippen LogP contribution in [-0.2, 0) is 0 Å². The Balaban J connectivity index is 2.86. The quantitative estimate of drug-likeness (QED) is 0.585. The van der Waals surface area contributed by atoms with Crippen LogP contribution in [-0.4, -0.2) is 12.6 Å². The number of rotatable bonds is 4. The highest BCUT2D eigenvalue weighted by molar-refractivity contribution is 4.56. The van der Waals surface area contributed by atoms with Crippen molar-refractivity contribution in [3.8, 4) is 0 Å². The zero-order chi connectivity index (χ0) is 6.41. The SMILES string of the molecule is [CH2]CCNC(C)CC. The molecule has 0 fully saturated rings. The van der Waals surface area contributed by atoms with Crippen molar-refractivity contribution in [1.82, 2.24) is 5.32 Å². The second-order valence-electron chi connectivity index (χ2n) is 2.12. The van der Waals surface area contributed by atoms with Crippen LogP contribution in [0.2, 0.25) is 0 Å². The molecule has 1 atom stereocenters. The minimum absolute atomic E-state index is 0.664. The lowest BCUT2D eigenvalue weighted by atomic mass is 10.2. The topological polar surface area (TPSA) is 12.0 Å². The average Bonchev–Trinajstić information content (AvgIpc) is 1.83. The summed E-state index contributed by atoms with van der Waals surface area (Å²) in [6, 6.07) is 0.664. The van der Waals surface area contributed by atoms with Crippen molar-refractivity contribution in [3.05, 3.63) is 6.92 Å². The van der Waals surface area contributed by atoms with E-state index in [1.54, 1.807) is 0 Å². The van der Waals surface area contributed by atoms with Gasteiger partial charge < -0.3 is 5.32 Å².